The number of hydrogen-bond acceptors (Lipinski definition) is 6. The monoisotopic (exact) mass is 753 g/mol. The SMILES string of the molecule is N#Cc1ccc2c(c1)c1cc(C#N)ccc1n2-c1ccc(-c2cc(-c3ccccc3)nc(-c3ccccc3)n2)cc1-c1cc(-c2ccccc2)nc(-c2ccccc2)n1. The van der Waals surface area contributed by atoms with Crippen LogP contribution in [0.25, 0.3) is 95.3 Å². The Labute approximate surface area is 340 Å². The second-order valence-electron chi connectivity index (χ2n) is 14.1. The first-order chi connectivity index (χ1) is 29.1. The van der Waals surface area contributed by atoms with E-state index in [0.717, 1.165) is 78.0 Å². The van der Waals surface area contributed by atoms with E-state index in [1.54, 1.807) is 0 Å². The molecule has 0 aliphatic carbocycles. The van der Waals surface area contributed by atoms with Crippen LogP contribution in [0, 0.1) is 22.7 Å². The molecule has 10 rings (SSSR count). The van der Waals surface area contributed by atoms with E-state index in [4.69, 9.17) is 19.9 Å². The van der Waals surface area contributed by atoms with Crippen LogP contribution in [0.2, 0.25) is 0 Å². The molecule has 274 valence electrons. The lowest BCUT2D eigenvalue weighted by Gasteiger charge is -2.17. The van der Waals surface area contributed by atoms with Crippen LogP contribution in [0.3, 0.4) is 0 Å². The number of fused-ring (bicyclic) bond motifs is 3. The van der Waals surface area contributed by atoms with E-state index in [-0.39, 0.29) is 0 Å². The summed E-state index contributed by atoms with van der Waals surface area (Å²) < 4.78 is 2.20. The molecule has 3 aromatic heterocycles. The van der Waals surface area contributed by atoms with Crippen LogP contribution in [0.15, 0.2) is 188 Å². The molecule has 0 aliphatic rings. The van der Waals surface area contributed by atoms with Crippen molar-refractivity contribution in [3.05, 3.63) is 199 Å². The zero-order valence-corrected chi connectivity index (χ0v) is 31.5. The zero-order valence-electron chi connectivity index (χ0n) is 31.5. The topological polar surface area (TPSA) is 104 Å². The third-order valence-electron chi connectivity index (χ3n) is 10.5. The van der Waals surface area contributed by atoms with Crippen LogP contribution < -0.4 is 0 Å². The van der Waals surface area contributed by atoms with Crippen molar-refractivity contribution < 1.29 is 0 Å². The summed E-state index contributed by atoms with van der Waals surface area (Å²) in [5, 5.41) is 21.6. The van der Waals surface area contributed by atoms with Crippen molar-refractivity contribution in [1.29, 1.82) is 10.5 Å². The minimum atomic E-state index is 0.539. The fraction of sp³-hybridized carbons (Fsp3) is 0. The van der Waals surface area contributed by atoms with E-state index >= 15 is 0 Å². The average molecular weight is 754 g/mol. The van der Waals surface area contributed by atoms with Crippen molar-refractivity contribution in [2.24, 2.45) is 0 Å². The first kappa shape index (κ1) is 34.9. The number of benzene rings is 7. The lowest BCUT2D eigenvalue weighted by Crippen LogP contribution is -2.02. The Kier molecular flexibility index (Phi) is 8.80. The molecule has 59 heavy (non-hydrogen) atoms. The maximum Gasteiger partial charge on any atom is 0.160 e. The molecule has 0 radical (unpaired) electrons. The molecule has 0 amide bonds. The van der Waals surface area contributed by atoms with Crippen LogP contribution in [-0.2, 0) is 0 Å². The number of aromatic nitrogens is 5. The molecule has 0 spiro atoms. The second-order valence-corrected chi connectivity index (χ2v) is 14.1. The van der Waals surface area contributed by atoms with Crippen LogP contribution in [0.1, 0.15) is 11.1 Å². The summed E-state index contributed by atoms with van der Waals surface area (Å²) in [6.07, 6.45) is 0. The van der Waals surface area contributed by atoms with Gasteiger partial charge in [0.25, 0.3) is 0 Å². The summed E-state index contributed by atoms with van der Waals surface area (Å²) in [4.78, 5) is 20.6. The van der Waals surface area contributed by atoms with E-state index < -0.39 is 0 Å². The molecule has 0 N–H and O–H groups in total. The van der Waals surface area contributed by atoms with Gasteiger partial charge in [0.05, 0.1) is 62.8 Å². The molecule has 0 saturated heterocycles. The van der Waals surface area contributed by atoms with Gasteiger partial charge in [0, 0.05) is 44.2 Å². The maximum atomic E-state index is 9.92. The van der Waals surface area contributed by atoms with Gasteiger partial charge < -0.3 is 4.57 Å². The molecule has 0 aliphatic heterocycles. The summed E-state index contributed by atoms with van der Waals surface area (Å²) in [6.45, 7) is 0. The molecule has 0 atom stereocenters. The average Bonchev–Trinajstić information content (AvgIpc) is 3.64. The number of rotatable bonds is 7. The summed E-state index contributed by atoms with van der Waals surface area (Å²) in [7, 11) is 0. The van der Waals surface area contributed by atoms with Gasteiger partial charge in [-0.3, -0.25) is 0 Å². The minimum absolute atomic E-state index is 0.539. The lowest BCUT2D eigenvalue weighted by molar-refractivity contribution is 1.15. The Morgan fingerprint density at radius 2 is 0.763 bits per heavy atom. The molecular formula is C52H31N7. The largest absolute Gasteiger partial charge is 0.309 e. The highest BCUT2D eigenvalue weighted by molar-refractivity contribution is 6.10. The van der Waals surface area contributed by atoms with Gasteiger partial charge in [-0.05, 0) is 60.7 Å². The second kappa shape index (κ2) is 14.9. The maximum absolute atomic E-state index is 9.92. The zero-order chi connectivity index (χ0) is 39.7. The molecule has 7 aromatic carbocycles. The van der Waals surface area contributed by atoms with E-state index in [2.05, 4.69) is 59.2 Å². The first-order valence-corrected chi connectivity index (χ1v) is 19.2. The first-order valence-electron chi connectivity index (χ1n) is 19.2. The number of nitrogens with zero attached hydrogens (tertiary/aromatic N) is 7. The van der Waals surface area contributed by atoms with Crippen LogP contribution in [0.5, 0.6) is 0 Å². The van der Waals surface area contributed by atoms with E-state index in [1.807, 2.05) is 146 Å². The predicted molar refractivity (Wildman–Crippen MR) is 234 cm³/mol. The highest BCUT2D eigenvalue weighted by Crippen LogP contribution is 2.40. The Hall–Kier alpha value is -8.52. The quantitative estimate of drug-likeness (QED) is 0.160. The van der Waals surface area contributed by atoms with Gasteiger partial charge in [-0.2, -0.15) is 10.5 Å². The van der Waals surface area contributed by atoms with Crippen molar-refractivity contribution in [3.8, 4) is 85.6 Å². The third-order valence-corrected chi connectivity index (χ3v) is 10.5. The van der Waals surface area contributed by atoms with Gasteiger partial charge >= 0.3 is 0 Å². The molecular weight excluding hydrogens is 723 g/mol. The Morgan fingerprint density at radius 1 is 0.356 bits per heavy atom. The van der Waals surface area contributed by atoms with Gasteiger partial charge in [-0.15, -0.1) is 0 Å². The van der Waals surface area contributed by atoms with Crippen LogP contribution in [-0.4, -0.2) is 24.5 Å². The standard InChI is InChI=1S/C52H31N7/c53-32-34-21-24-48-41(27-34)42-28-35(33-54)22-25-49(42)59(48)50-26-23-40(46-30-44(36-13-5-1-6-14-36)55-51(57-46)38-17-9-3-10-18-38)29-43(50)47-31-45(37-15-7-2-8-16-37)56-52(58-47)39-19-11-4-12-20-39/h1-31H. The minimum Gasteiger partial charge on any atom is -0.309 e. The van der Waals surface area contributed by atoms with E-state index in [0.29, 0.717) is 28.5 Å². The van der Waals surface area contributed by atoms with Crippen molar-refractivity contribution in [3.63, 3.8) is 0 Å². The fourth-order valence-electron chi connectivity index (χ4n) is 7.64. The predicted octanol–water partition coefficient (Wildman–Crippen LogP) is 12.1. The summed E-state index contributed by atoms with van der Waals surface area (Å²) in [5.41, 5.74) is 12.3. The van der Waals surface area contributed by atoms with Gasteiger partial charge in [-0.25, -0.2) is 19.9 Å². The normalized spacial score (nSPS) is 11.0. The molecule has 0 unspecified atom stereocenters. The van der Waals surface area contributed by atoms with Gasteiger partial charge in [-0.1, -0.05) is 127 Å². The molecule has 7 heteroatoms. The van der Waals surface area contributed by atoms with Crippen molar-refractivity contribution in [1.82, 2.24) is 24.5 Å². The highest BCUT2D eigenvalue weighted by Gasteiger charge is 2.21. The van der Waals surface area contributed by atoms with Gasteiger partial charge in [0.2, 0.25) is 0 Å². The molecule has 7 nitrogen and oxygen atoms in total. The van der Waals surface area contributed by atoms with E-state index in [1.165, 1.54) is 0 Å². The highest BCUT2D eigenvalue weighted by atomic mass is 15.0. The molecule has 10 aromatic rings. The van der Waals surface area contributed by atoms with Crippen LogP contribution >= 0.6 is 0 Å². The molecule has 0 saturated carbocycles. The lowest BCUT2D eigenvalue weighted by atomic mass is 9.99. The fourth-order valence-corrected chi connectivity index (χ4v) is 7.64. The molecule has 0 bridgehead atoms. The Balaban J connectivity index is 1.28. The Bertz CT molecular complexity index is 3090. The molecule has 0 fully saturated rings. The third kappa shape index (κ3) is 6.55. The van der Waals surface area contributed by atoms with Crippen molar-refractivity contribution in [2.45, 2.75) is 0 Å². The van der Waals surface area contributed by atoms with Crippen molar-refractivity contribution in [2.75, 3.05) is 0 Å². The summed E-state index contributed by atoms with van der Waals surface area (Å²) in [6, 6.07) is 66.8. The summed E-state index contributed by atoms with van der Waals surface area (Å²) in [5.74, 6) is 1.22. The van der Waals surface area contributed by atoms with Gasteiger partial charge in [0.1, 0.15) is 0 Å². The number of hydrogen-bond donors (Lipinski definition) is 0. The van der Waals surface area contributed by atoms with Crippen molar-refractivity contribution >= 4 is 21.8 Å². The smallest absolute Gasteiger partial charge is 0.160 e. The van der Waals surface area contributed by atoms with Gasteiger partial charge in [0.15, 0.2) is 11.6 Å². The molecule has 3 heterocycles. The summed E-state index contributed by atoms with van der Waals surface area (Å²) >= 11 is 0. The van der Waals surface area contributed by atoms with Crippen LogP contribution in [0.4, 0.5) is 0 Å². The number of nitriles is 2. The van der Waals surface area contributed by atoms with E-state index in [9.17, 15) is 10.5 Å². The Morgan fingerprint density at radius 3 is 1.22 bits per heavy atom.